The summed E-state index contributed by atoms with van der Waals surface area (Å²) in [6.07, 6.45) is 0. The number of halogens is 5. The van der Waals surface area contributed by atoms with E-state index in [2.05, 4.69) is 20.9 Å². The Morgan fingerprint density at radius 1 is 1.45 bits per heavy atom. The Morgan fingerprint density at radius 3 is 2.45 bits per heavy atom. The van der Waals surface area contributed by atoms with Gasteiger partial charge >= 0.3 is 5.51 Å². The van der Waals surface area contributed by atoms with Crippen LogP contribution in [0.4, 0.5) is 18.9 Å². The Kier molecular flexibility index (Phi) is 4.93. The molecule has 20 heavy (non-hydrogen) atoms. The van der Waals surface area contributed by atoms with Gasteiger partial charge in [-0.1, -0.05) is 0 Å². The molecular weight excluding hydrogens is 389 g/mol. The second-order valence-electron chi connectivity index (χ2n) is 3.46. The van der Waals surface area contributed by atoms with Gasteiger partial charge in [-0.05, 0) is 28.1 Å². The molecule has 0 atom stereocenters. The Labute approximate surface area is 125 Å². The van der Waals surface area contributed by atoms with E-state index in [0.717, 1.165) is 0 Å². The topological polar surface area (TPSA) is 92.8 Å². The normalized spacial score (nSPS) is 13.6. The van der Waals surface area contributed by atoms with Crippen molar-refractivity contribution in [3.63, 3.8) is 0 Å². The van der Waals surface area contributed by atoms with E-state index in [0.29, 0.717) is 12.1 Å². The molecule has 0 spiro atoms. The number of phenolic OH excluding ortho intramolecular Hbond substituents is 1. The van der Waals surface area contributed by atoms with E-state index in [1.807, 2.05) is 0 Å². The van der Waals surface area contributed by atoms with Gasteiger partial charge in [0.15, 0.2) is 5.75 Å². The molecule has 11 heteroatoms. The summed E-state index contributed by atoms with van der Waals surface area (Å²) < 4.78 is 59.7. The first-order chi connectivity index (χ1) is 9.00. The van der Waals surface area contributed by atoms with Gasteiger partial charge in [-0.2, -0.15) is 13.2 Å². The van der Waals surface area contributed by atoms with E-state index in [1.54, 1.807) is 0 Å². The zero-order valence-electron chi connectivity index (χ0n) is 9.45. The third-order valence-electron chi connectivity index (χ3n) is 2.03. The monoisotopic (exact) mass is 394 g/mol. The standard InChI is InChI=1S/C9H7BrClF3N2O3S/c10-5-1-4(20(18,19)9(12,13)14)2-6(8(5)17)16-7(15)3-11/h1-2,17H,3H2,(H2,15,16). The molecule has 1 rings (SSSR count). The van der Waals surface area contributed by atoms with E-state index in [9.17, 15) is 26.7 Å². The molecule has 0 amide bonds. The van der Waals surface area contributed by atoms with Crippen molar-refractivity contribution >= 4 is 48.9 Å². The highest BCUT2D eigenvalue weighted by atomic mass is 79.9. The SMILES string of the molecule is NC(CCl)=Nc1cc(S(=O)(=O)C(F)(F)F)cc(Br)c1O. The summed E-state index contributed by atoms with van der Waals surface area (Å²) in [4.78, 5) is 2.47. The number of sulfone groups is 1. The molecule has 0 aliphatic rings. The van der Waals surface area contributed by atoms with Crippen LogP contribution < -0.4 is 5.73 Å². The Morgan fingerprint density at radius 2 is 2.00 bits per heavy atom. The molecule has 112 valence electrons. The molecular formula is C9H7BrClF3N2O3S. The molecule has 0 unspecified atom stereocenters. The van der Waals surface area contributed by atoms with Gasteiger partial charge in [-0.25, -0.2) is 13.4 Å². The maximum absolute atomic E-state index is 12.5. The maximum atomic E-state index is 12.5. The lowest BCUT2D eigenvalue weighted by atomic mass is 10.3. The number of benzene rings is 1. The predicted molar refractivity (Wildman–Crippen MR) is 71.0 cm³/mol. The Balaban J connectivity index is 3.55. The van der Waals surface area contributed by atoms with Crippen molar-refractivity contribution in [3.8, 4) is 5.75 Å². The highest BCUT2D eigenvalue weighted by Crippen LogP contribution is 2.40. The first-order valence-corrected chi connectivity index (χ1v) is 7.54. The molecule has 0 radical (unpaired) electrons. The fraction of sp³-hybridized carbons (Fsp3) is 0.222. The van der Waals surface area contributed by atoms with Crippen LogP contribution in [0.1, 0.15) is 0 Å². The third kappa shape index (κ3) is 3.36. The number of alkyl halides is 4. The first kappa shape index (κ1) is 17.1. The average Bonchev–Trinajstić information content (AvgIpc) is 2.32. The molecule has 0 aliphatic heterocycles. The largest absolute Gasteiger partial charge is 0.505 e. The molecule has 0 saturated heterocycles. The maximum Gasteiger partial charge on any atom is 0.501 e. The smallest absolute Gasteiger partial charge is 0.501 e. The summed E-state index contributed by atoms with van der Waals surface area (Å²) in [7, 11) is -5.56. The molecule has 0 aromatic heterocycles. The summed E-state index contributed by atoms with van der Waals surface area (Å²) >= 11 is 8.09. The third-order valence-corrected chi connectivity index (χ3v) is 4.38. The van der Waals surface area contributed by atoms with Crippen molar-refractivity contribution < 1.29 is 26.7 Å². The minimum absolute atomic E-state index is 0.199. The van der Waals surface area contributed by atoms with E-state index in [4.69, 9.17) is 17.3 Å². The molecule has 0 aliphatic carbocycles. The van der Waals surface area contributed by atoms with Crippen molar-refractivity contribution in [3.05, 3.63) is 16.6 Å². The number of phenols is 1. The molecule has 0 heterocycles. The van der Waals surface area contributed by atoms with Gasteiger partial charge < -0.3 is 10.8 Å². The highest BCUT2D eigenvalue weighted by Gasteiger charge is 2.47. The minimum atomic E-state index is -5.56. The molecule has 0 bridgehead atoms. The van der Waals surface area contributed by atoms with E-state index < -0.39 is 31.7 Å². The molecule has 3 N–H and O–H groups in total. The summed E-state index contributed by atoms with van der Waals surface area (Å²) in [5.41, 5.74) is -0.625. The van der Waals surface area contributed by atoms with Crippen molar-refractivity contribution in [2.24, 2.45) is 10.7 Å². The van der Waals surface area contributed by atoms with Gasteiger partial charge in [0.25, 0.3) is 9.84 Å². The number of amidine groups is 1. The highest BCUT2D eigenvalue weighted by molar-refractivity contribution is 9.10. The Bertz CT molecular complexity index is 661. The quantitative estimate of drug-likeness (QED) is 0.467. The van der Waals surface area contributed by atoms with Crippen molar-refractivity contribution in [2.75, 3.05) is 5.88 Å². The van der Waals surface area contributed by atoms with E-state index in [1.165, 1.54) is 0 Å². The second-order valence-corrected chi connectivity index (χ2v) is 6.52. The van der Waals surface area contributed by atoms with Crippen LogP contribution in [0.25, 0.3) is 0 Å². The van der Waals surface area contributed by atoms with Gasteiger partial charge in [0.1, 0.15) is 11.5 Å². The zero-order valence-corrected chi connectivity index (χ0v) is 12.6. The lowest BCUT2D eigenvalue weighted by molar-refractivity contribution is -0.0436. The number of hydrogen-bond donors (Lipinski definition) is 2. The van der Waals surface area contributed by atoms with Crippen LogP contribution in [0.5, 0.6) is 5.75 Å². The van der Waals surface area contributed by atoms with Gasteiger partial charge in [0.2, 0.25) is 0 Å². The van der Waals surface area contributed by atoms with E-state index >= 15 is 0 Å². The average molecular weight is 396 g/mol. The van der Waals surface area contributed by atoms with Gasteiger partial charge in [0, 0.05) is 0 Å². The number of aliphatic imine (C=N–C) groups is 1. The predicted octanol–water partition coefficient (Wildman–Crippen LogP) is 2.68. The molecule has 0 fully saturated rings. The second kappa shape index (κ2) is 5.78. The van der Waals surface area contributed by atoms with Crippen molar-refractivity contribution in [1.82, 2.24) is 0 Å². The van der Waals surface area contributed by atoms with Crippen LogP contribution in [0.3, 0.4) is 0 Å². The van der Waals surface area contributed by atoms with Crippen molar-refractivity contribution in [2.45, 2.75) is 10.4 Å². The minimum Gasteiger partial charge on any atom is -0.505 e. The number of rotatable bonds is 3. The van der Waals surface area contributed by atoms with Crippen LogP contribution in [-0.2, 0) is 9.84 Å². The van der Waals surface area contributed by atoms with Crippen LogP contribution in [0, 0.1) is 0 Å². The van der Waals surface area contributed by atoms with Crippen LogP contribution in [0.15, 0.2) is 26.5 Å². The van der Waals surface area contributed by atoms with E-state index in [-0.39, 0.29) is 16.2 Å². The Hall–Kier alpha value is -1.00. The van der Waals surface area contributed by atoms with Crippen LogP contribution in [-0.4, -0.2) is 30.7 Å². The van der Waals surface area contributed by atoms with Gasteiger partial charge in [-0.15, -0.1) is 11.6 Å². The number of hydrogen-bond acceptors (Lipinski definition) is 4. The van der Waals surface area contributed by atoms with Crippen LogP contribution in [0.2, 0.25) is 0 Å². The molecule has 1 aromatic rings. The first-order valence-electron chi connectivity index (χ1n) is 4.73. The summed E-state index contributed by atoms with van der Waals surface area (Å²) in [6, 6.07) is 1.18. The van der Waals surface area contributed by atoms with Gasteiger partial charge in [0.05, 0.1) is 15.2 Å². The summed E-state index contributed by atoms with van der Waals surface area (Å²) in [5, 5.41) is 9.61. The van der Waals surface area contributed by atoms with Gasteiger partial charge in [-0.3, -0.25) is 0 Å². The number of nitrogens with two attached hydrogens (primary N) is 1. The number of nitrogens with zero attached hydrogens (tertiary/aromatic N) is 1. The number of aromatic hydroxyl groups is 1. The summed E-state index contributed by atoms with van der Waals surface area (Å²) in [6.45, 7) is 0. The molecule has 0 saturated carbocycles. The zero-order chi connectivity index (χ0) is 15.7. The summed E-state index contributed by atoms with van der Waals surface area (Å²) in [5.74, 6) is -0.998. The van der Waals surface area contributed by atoms with Crippen LogP contribution >= 0.6 is 27.5 Å². The lowest BCUT2D eigenvalue weighted by Gasteiger charge is -2.10. The fourth-order valence-electron chi connectivity index (χ4n) is 1.12. The molecule has 1 aromatic carbocycles. The van der Waals surface area contributed by atoms with Crippen molar-refractivity contribution in [1.29, 1.82) is 0 Å². The lowest BCUT2D eigenvalue weighted by Crippen LogP contribution is -2.23. The molecule has 5 nitrogen and oxygen atoms in total. The fourth-order valence-corrected chi connectivity index (χ4v) is 2.59.